The number of urea groups is 1. The summed E-state index contributed by atoms with van der Waals surface area (Å²) in [4.78, 5) is 27.2. The number of para-hydroxylation sites is 1. The van der Waals surface area contributed by atoms with E-state index < -0.39 is 0 Å². The van der Waals surface area contributed by atoms with Gasteiger partial charge in [0.1, 0.15) is 5.82 Å². The van der Waals surface area contributed by atoms with Crippen LogP contribution in [-0.2, 0) is 6.42 Å². The lowest BCUT2D eigenvalue weighted by molar-refractivity contribution is 0.178. The van der Waals surface area contributed by atoms with Gasteiger partial charge in [0.2, 0.25) is 0 Å². The number of aryl methyl sites for hydroxylation is 2. The van der Waals surface area contributed by atoms with Crippen molar-refractivity contribution in [1.82, 2.24) is 25.2 Å². The number of nitrogens with zero attached hydrogens (tertiary/aromatic N) is 3. The van der Waals surface area contributed by atoms with E-state index in [1.807, 2.05) is 17.0 Å². The van der Waals surface area contributed by atoms with Gasteiger partial charge in [-0.1, -0.05) is 18.2 Å². The van der Waals surface area contributed by atoms with Crippen molar-refractivity contribution >= 4 is 17.1 Å². The van der Waals surface area contributed by atoms with Crippen molar-refractivity contribution in [3.8, 4) is 0 Å². The molecule has 6 nitrogen and oxygen atoms in total. The molecule has 1 atom stereocenters. The molecule has 146 valence electrons. The molecule has 0 saturated carbocycles. The number of rotatable bonds is 4. The Morgan fingerprint density at radius 3 is 2.93 bits per heavy atom. The van der Waals surface area contributed by atoms with E-state index in [2.05, 4.69) is 47.3 Å². The quantitative estimate of drug-likeness (QED) is 0.728. The van der Waals surface area contributed by atoms with Crippen molar-refractivity contribution in [3.63, 3.8) is 0 Å². The third-order valence-corrected chi connectivity index (χ3v) is 5.58. The summed E-state index contributed by atoms with van der Waals surface area (Å²) in [6, 6.07) is 10.2. The molecule has 2 amide bonds. The van der Waals surface area contributed by atoms with E-state index in [1.54, 1.807) is 6.20 Å². The van der Waals surface area contributed by atoms with E-state index in [9.17, 15) is 4.79 Å². The number of benzene rings is 1. The molecule has 0 spiro atoms. The largest absolute Gasteiger partial charge is 0.342 e. The van der Waals surface area contributed by atoms with Crippen molar-refractivity contribution < 1.29 is 4.79 Å². The Labute approximate surface area is 165 Å². The highest BCUT2D eigenvalue weighted by Gasteiger charge is 2.26. The van der Waals surface area contributed by atoms with Gasteiger partial charge in [0, 0.05) is 43.9 Å². The van der Waals surface area contributed by atoms with Crippen LogP contribution in [0.5, 0.6) is 0 Å². The molecule has 6 heteroatoms. The first kappa shape index (κ1) is 18.5. The Bertz CT molecular complexity index is 980. The zero-order chi connectivity index (χ0) is 19.5. The van der Waals surface area contributed by atoms with Crippen LogP contribution in [0.25, 0.3) is 11.0 Å². The first-order valence-corrected chi connectivity index (χ1v) is 10.0. The van der Waals surface area contributed by atoms with Crippen molar-refractivity contribution in [3.05, 3.63) is 59.2 Å². The monoisotopic (exact) mass is 377 g/mol. The first-order valence-electron chi connectivity index (χ1n) is 10.0. The minimum atomic E-state index is 0.00516. The highest BCUT2D eigenvalue weighted by molar-refractivity contribution is 5.78. The average Bonchev–Trinajstić information content (AvgIpc) is 3.15. The van der Waals surface area contributed by atoms with Gasteiger partial charge in [-0.25, -0.2) is 9.78 Å². The second kappa shape index (κ2) is 8.00. The van der Waals surface area contributed by atoms with Gasteiger partial charge in [-0.05, 0) is 49.9 Å². The topological polar surface area (TPSA) is 73.9 Å². The van der Waals surface area contributed by atoms with Gasteiger partial charge in [0.25, 0.3) is 0 Å². The molecule has 1 aliphatic rings. The lowest BCUT2D eigenvalue weighted by atomic mass is 9.97. The molecule has 3 aromatic rings. The van der Waals surface area contributed by atoms with Gasteiger partial charge in [0.15, 0.2) is 0 Å². The number of piperidine rings is 1. The minimum Gasteiger partial charge on any atom is -0.342 e. The molecule has 0 radical (unpaired) electrons. The van der Waals surface area contributed by atoms with Crippen LogP contribution in [0.15, 0.2) is 36.5 Å². The van der Waals surface area contributed by atoms with Gasteiger partial charge >= 0.3 is 6.03 Å². The second-order valence-electron chi connectivity index (χ2n) is 7.63. The van der Waals surface area contributed by atoms with Crippen molar-refractivity contribution in [2.45, 2.75) is 39.0 Å². The second-order valence-corrected chi connectivity index (χ2v) is 7.63. The summed E-state index contributed by atoms with van der Waals surface area (Å²) < 4.78 is 0. The minimum absolute atomic E-state index is 0.00516. The number of H-pyrrole nitrogens is 1. The third kappa shape index (κ3) is 3.86. The number of imidazole rings is 1. The van der Waals surface area contributed by atoms with Gasteiger partial charge < -0.3 is 15.2 Å². The van der Waals surface area contributed by atoms with Crippen LogP contribution in [0.2, 0.25) is 0 Å². The molecule has 1 aromatic carbocycles. The van der Waals surface area contributed by atoms with Crippen molar-refractivity contribution in [2.75, 3.05) is 19.6 Å². The van der Waals surface area contributed by atoms with Gasteiger partial charge in [0.05, 0.1) is 11.0 Å². The molecule has 0 aliphatic carbocycles. The van der Waals surface area contributed by atoms with Gasteiger partial charge in [-0.3, -0.25) is 4.98 Å². The summed E-state index contributed by atoms with van der Waals surface area (Å²) in [6.45, 7) is 6.23. The molecule has 0 bridgehead atoms. The van der Waals surface area contributed by atoms with Crippen LogP contribution in [0.4, 0.5) is 4.79 Å². The number of aromatic amines is 1. The summed E-state index contributed by atoms with van der Waals surface area (Å²) in [7, 11) is 0. The fraction of sp³-hybridized carbons (Fsp3) is 0.409. The van der Waals surface area contributed by atoms with Crippen molar-refractivity contribution in [2.24, 2.45) is 0 Å². The Balaban J connectivity index is 1.37. The van der Waals surface area contributed by atoms with E-state index in [0.717, 1.165) is 53.9 Å². The lowest BCUT2D eigenvalue weighted by Gasteiger charge is -2.31. The molecular weight excluding hydrogens is 350 g/mol. The fourth-order valence-corrected chi connectivity index (χ4v) is 3.95. The van der Waals surface area contributed by atoms with E-state index in [0.29, 0.717) is 13.1 Å². The van der Waals surface area contributed by atoms with Gasteiger partial charge in [-0.15, -0.1) is 0 Å². The molecule has 1 aliphatic heterocycles. The van der Waals surface area contributed by atoms with Crippen LogP contribution >= 0.6 is 0 Å². The number of hydrogen-bond acceptors (Lipinski definition) is 3. The maximum Gasteiger partial charge on any atom is 0.317 e. The number of pyridine rings is 1. The van der Waals surface area contributed by atoms with Crippen LogP contribution in [0.1, 0.15) is 41.4 Å². The highest BCUT2D eigenvalue weighted by Crippen LogP contribution is 2.27. The van der Waals surface area contributed by atoms with E-state index in [-0.39, 0.29) is 11.9 Å². The van der Waals surface area contributed by atoms with Crippen LogP contribution in [-0.4, -0.2) is 45.5 Å². The third-order valence-electron chi connectivity index (χ3n) is 5.58. The predicted molar refractivity (Wildman–Crippen MR) is 110 cm³/mol. The van der Waals surface area contributed by atoms with E-state index in [4.69, 9.17) is 4.98 Å². The summed E-state index contributed by atoms with van der Waals surface area (Å²) in [5.41, 5.74) is 5.48. The normalized spacial score (nSPS) is 17.1. The molecule has 2 aromatic heterocycles. The summed E-state index contributed by atoms with van der Waals surface area (Å²) in [5, 5.41) is 3.05. The molecule has 28 heavy (non-hydrogen) atoms. The zero-order valence-electron chi connectivity index (χ0n) is 16.5. The van der Waals surface area contributed by atoms with Crippen LogP contribution in [0, 0.1) is 13.8 Å². The number of carbonyl (C=O) groups is 1. The SMILES string of the molecule is Cc1cccnc1CCNC(=O)N1CCCC(c2nc3c(C)cccc3[nH]2)C1. The zero-order valence-corrected chi connectivity index (χ0v) is 16.5. The molecule has 2 N–H and O–H groups in total. The smallest absolute Gasteiger partial charge is 0.317 e. The maximum atomic E-state index is 12.6. The summed E-state index contributed by atoms with van der Waals surface area (Å²) in [5.74, 6) is 1.25. The Morgan fingerprint density at radius 2 is 2.11 bits per heavy atom. The van der Waals surface area contributed by atoms with Crippen LogP contribution < -0.4 is 5.32 Å². The molecule has 4 rings (SSSR count). The molecule has 1 saturated heterocycles. The summed E-state index contributed by atoms with van der Waals surface area (Å²) >= 11 is 0. The Hall–Kier alpha value is -2.89. The molecular formula is C22H27N5O. The predicted octanol–water partition coefficient (Wildman–Crippen LogP) is 3.71. The number of fused-ring (bicyclic) bond motifs is 1. The molecule has 3 heterocycles. The average molecular weight is 377 g/mol. The lowest BCUT2D eigenvalue weighted by Crippen LogP contribution is -2.45. The number of carbonyl (C=O) groups excluding carboxylic acids is 1. The first-order chi connectivity index (χ1) is 13.6. The number of hydrogen-bond donors (Lipinski definition) is 2. The summed E-state index contributed by atoms with van der Waals surface area (Å²) in [6.07, 6.45) is 4.59. The molecule has 1 unspecified atom stereocenters. The van der Waals surface area contributed by atoms with E-state index in [1.165, 1.54) is 5.56 Å². The number of likely N-dealkylation sites (tertiary alicyclic amines) is 1. The van der Waals surface area contributed by atoms with E-state index >= 15 is 0 Å². The molecule has 1 fully saturated rings. The number of nitrogens with one attached hydrogen (secondary N) is 2. The number of amides is 2. The Kier molecular flexibility index (Phi) is 5.28. The van der Waals surface area contributed by atoms with Crippen molar-refractivity contribution in [1.29, 1.82) is 0 Å². The highest BCUT2D eigenvalue weighted by atomic mass is 16.2. The number of aromatic nitrogens is 3. The Morgan fingerprint density at radius 1 is 1.25 bits per heavy atom. The maximum absolute atomic E-state index is 12.6. The van der Waals surface area contributed by atoms with Crippen LogP contribution in [0.3, 0.4) is 0 Å². The fourth-order valence-electron chi connectivity index (χ4n) is 3.95. The standard InChI is InChI=1S/C22H27N5O/c1-15-7-4-11-23-18(15)10-12-24-22(28)27-13-5-8-17(14-27)21-25-19-9-3-6-16(2)20(19)26-21/h3-4,6-7,9,11,17H,5,8,10,12-14H2,1-2H3,(H,24,28)(H,25,26). The van der Waals surface area contributed by atoms with Gasteiger partial charge in [-0.2, -0.15) is 0 Å².